The highest BCUT2D eigenvalue weighted by Crippen LogP contribution is 2.24. The summed E-state index contributed by atoms with van der Waals surface area (Å²) < 4.78 is 5.38. The van der Waals surface area contributed by atoms with E-state index in [9.17, 15) is 14.9 Å². The molecule has 7 heteroatoms. The molecule has 1 aromatic rings. The van der Waals surface area contributed by atoms with Crippen LogP contribution in [0.5, 0.6) is 0 Å². The van der Waals surface area contributed by atoms with Crippen LogP contribution < -0.4 is 5.32 Å². The highest BCUT2D eigenvalue weighted by atomic mass is 16.6. The van der Waals surface area contributed by atoms with Gasteiger partial charge in [-0.05, 0) is 39.3 Å². The number of amides is 2. The van der Waals surface area contributed by atoms with Gasteiger partial charge in [0.1, 0.15) is 11.1 Å². The Hall–Kier alpha value is -2.62. The van der Waals surface area contributed by atoms with Gasteiger partial charge < -0.3 is 15.0 Å². The molecule has 0 spiro atoms. The first-order valence-electron chi connectivity index (χ1n) is 9.35. The number of pyridine rings is 1. The lowest BCUT2D eigenvalue weighted by atomic mass is 9.88. The lowest BCUT2D eigenvalue weighted by Gasteiger charge is -2.38. The predicted molar refractivity (Wildman–Crippen MR) is 101 cm³/mol. The third-order valence-corrected chi connectivity index (χ3v) is 4.42. The van der Waals surface area contributed by atoms with Crippen molar-refractivity contribution in [2.45, 2.75) is 64.5 Å². The average Bonchev–Trinajstić information content (AvgIpc) is 2.61. The zero-order chi connectivity index (χ0) is 20.1. The lowest BCUT2D eigenvalue weighted by Crippen LogP contribution is -2.55. The SMILES string of the molecule is CCCc1cc(C(=O)NC2(C#N)CCN(C(=O)OC(C)(C)C)CC2)ccn1. The van der Waals surface area contributed by atoms with E-state index >= 15 is 0 Å². The summed E-state index contributed by atoms with van der Waals surface area (Å²) in [5.74, 6) is -0.290. The van der Waals surface area contributed by atoms with Crippen molar-refractivity contribution in [2.24, 2.45) is 0 Å². The van der Waals surface area contributed by atoms with Crippen molar-refractivity contribution < 1.29 is 14.3 Å². The van der Waals surface area contributed by atoms with Gasteiger partial charge in [0, 0.05) is 43.4 Å². The number of hydrogen-bond donors (Lipinski definition) is 1. The fraction of sp³-hybridized carbons (Fsp3) is 0.600. The predicted octanol–water partition coefficient (Wildman–Crippen LogP) is 3.06. The molecule has 0 unspecified atom stereocenters. The van der Waals surface area contributed by atoms with Crippen LogP contribution in [0.25, 0.3) is 0 Å². The van der Waals surface area contributed by atoms with Crippen LogP contribution in [0.3, 0.4) is 0 Å². The second kappa shape index (κ2) is 8.38. The topological polar surface area (TPSA) is 95.3 Å². The van der Waals surface area contributed by atoms with Gasteiger partial charge in [0.2, 0.25) is 0 Å². The van der Waals surface area contributed by atoms with Gasteiger partial charge in [-0.2, -0.15) is 5.26 Å². The number of nitrogens with zero attached hydrogens (tertiary/aromatic N) is 3. The summed E-state index contributed by atoms with van der Waals surface area (Å²) in [5.41, 5.74) is -0.190. The largest absolute Gasteiger partial charge is 0.444 e. The van der Waals surface area contributed by atoms with E-state index in [4.69, 9.17) is 4.74 Å². The summed E-state index contributed by atoms with van der Waals surface area (Å²) in [6.45, 7) is 8.22. The first kappa shape index (κ1) is 20.7. The van der Waals surface area contributed by atoms with E-state index in [-0.39, 0.29) is 5.91 Å². The van der Waals surface area contributed by atoms with Crippen LogP contribution in [0.1, 0.15) is 63.0 Å². The zero-order valence-corrected chi connectivity index (χ0v) is 16.5. The quantitative estimate of drug-likeness (QED) is 0.876. The molecule has 146 valence electrons. The Labute approximate surface area is 160 Å². The number of likely N-dealkylation sites (tertiary alicyclic amines) is 1. The number of ether oxygens (including phenoxy) is 1. The molecule has 0 radical (unpaired) electrons. The number of carbonyl (C=O) groups is 2. The number of nitrogens with one attached hydrogen (secondary N) is 1. The van der Waals surface area contributed by atoms with Gasteiger partial charge >= 0.3 is 6.09 Å². The number of rotatable bonds is 4. The molecule has 2 amide bonds. The molecule has 1 aromatic heterocycles. The minimum absolute atomic E-state index is 0.290. The maximum Gasteiger partial charge on any atom is 0.410 e. The maximum atomic E-state index is 12.6. The summed E-state index contributed by atoms with van der Waals surface area (Å²) in [5, 5.41) is 12.5. The summed E-state index contributed by atoms with van der Waals surface area (Å²) in [7, 11) is 0. The van der Waals surface area contributed by atoms with Crippen LogP contribution >= 0.6 is 0 Å². The Bertz CT molecular complexity index is 725. The molecule has 1 saturated heterocycles. The molecule has 0 atom stereocenters. The molecular formula is C20H28N4O3. The van der Waals surface area contributed by atoms with Gasteiger partial charge in [-0.1, -0.05) is 13.3 Å². The van der Waals surface area contributed by atoms with E-state index in [0.29, 0.717) is 31.5 Å². The molecule has 1 fully saturated rings. The minimum atomic E-state index is -0.982. The lowest BCUT2D eigenvalue weighted by molar-refractivity contribution is 0.0176. The van der Waals surface area contributed by atoms with Crippen molar-refractivity contribution in [3.63, 3.8) is 0 Å². The number of aryl methyl sites for hydroxylation is 1. The van der Waals surface area contributed by atoms with Gasteiger partial charge in [0.25, 0.3) is 5.91 Å². The second-order valence-electron chi connectivity index (χ2n) is 7.90. The average molecular weight is 372 g/mol. The van der Waals surface area contributed by atoms with Crippen molar-refractivity contribution in [1.29, 1.82) is 5.26 Å². The van der Waals surface area contributed by atoms with Gasteiger partial charge in [0.15, 0.2) is 0 Å². The number of carbonyl (C=O) groups excluding carboxylic acids is 2. The van der Waals surface area contributed by atoms with Gasteiger partial charge in [0.05, 0.1) is 6.07 Å². The number of piperidine rings is 1. The fourth-order valence-corrected chi connectivity index (χ4v) is 2.96. The third kappa shape index (κ3) is 5.68. The smallest absolute Gasteiger partial charge is 0.410 e. The number of aromatic nitrogens is 1. The second-order valence-corrected chi connectivity index (χ2v) is 7.90. The van der Waals surface area contributed by atoms with Crippen molar-refractivity contribution in [1.82, 2.24) is 15.2 Å². The van der Waals surface area contributed by atoms with E-state index in [1.54, 1.807) is 23.2 Å². The zero-order valence-electron chi connectivity index (χ0n) is 16.5. The summed E-state index contributed by atoms with van der Waals surface area (Å²) in [6.07, 6.45) is 3.70. The highest BCUT2D eigenvalue weighted by Gasteiger charge is 2.38. The van der Waals surface area contributed by atoms with Crippen molar-refractivity contribution in [2.75, 3.05) is 13.1 Å². The standard InChI is InChI=1S/C20H28N4O3/c1-5-6-16-13-15(7-10-22-16)17(25)23-20(14-21)8-11-24(12-9-20)18(26)27-19(2,3)4/h7,10,13H,5-6,8-9,11-12H2,1-4H3,(H,23,25). The minimum Gasteiger partial charge on any atom is -0.444 e. The van der Waals surface area contributed by atoms with Crippen molar-refractivity contribution >= 4 is 12.0 Å². The molecule has 0 aliphatic carbocycles. The summed E-state index contributed by atoms with van der Waals surface area (Å²) >= 11 is 0. The van der Waals surface area contributed by atoms with E-state index in [2.05, 4.69) is 23.3 Å². The normalized spacial score (nSPS) is 16.3. The van der Waals surface area contributed by atoms with Crippen LogP contribution in [-0.4, -0.2) is 46.1 Å². The monoisotopic (exact) mass is 372 g/mol. The number of hydrogen-bond acceptors (Lipinski definition) is 5. The molecule has 2 rings (SSSR count). The van der Waals surface area contributed by atoms with Gasteiger partial charge in [-0.25, -0.2) is 4.79 Å². The van der Waals surface area contributed by atoms with E-state index in [1.165, 1.54) is 0 Å². The first-order chi connectivity index (χ1) is 12.7. The van der Waals surface area contributed by atoms with Gasteiger partial charge in [-0.15, -0.1) is 0 Å². The number of nitriles is 1. The molecule has 1 aliphatic heterocycles. The van der Waals surface area contributed by atoms with Crippen LogP contribution in [0.4, 0.5) is 4.79 Å². The fourth-order valence-electron chi connectivity index (χ4n) is 2.96. The van der Waals surface area contributed by atoms with Crippen LogP contribution in [0.15, 0.2) is 18.3 Å². The highest BCUT2D eigenvalue weighted by molar-refractivity contribution is 5.95. The van der Waals surface area contributed by atoms with E-state index in [1.807, 2.05) is 20.8 Å². The van der Waals surface area contributed by atoms with E-state index in [0.717, 1.165) is 18.5 Å². The molecule has 0 aromatic carbocycles. The third-order valence-electron chi connectivity index (χ3n) is 4.42. The maximum absolute atomic E-state index is 12.6. The van der Waals surface area contributed by atoms with Crippen LogP contribution in [0, 0.1) is 11.3 Å². The molecule has 0 bridgehead atoms. The summed E-state index contributed by atoms with van der Waals surface area (Å²) in [4.78, 5) is 30.7. The van der Waals surface area contributed by atoms with Crippen LogP contribution in [0.2, 0.25) is 0 Å². The Morgan fingerprint density at radius 3 is 2.59 bits per heavy atom. The molecule has 1 N–H and O–H groups in total. The molecule has 2 heterocycles. The van der Waals surface area contributed by atoms with Crippen molar-refractivity contribution in [3.8, 4) is 6.07 Å². The molecule has 1 aliphatic rings. The molecular weight excluding hydrogens is 344 g/mol. The Kier molecular flexibility index (Phi) is 6.42. The summed E-state index contributed by atoms with van der Waals surface area (Å²) in [6, 6.07) is 5.65. The first-order valence-corrected chi connectivity index (χ1v) is 9.35. The molecule has 27 heavy (non-hydrogen) atoms. The Morgan fingerprint density at radius 2 is 2.04 bits per heavy atom. The van der Waals surface area contributed by atoms with E-state index < -0.39 is 17.2 Å². The van der Waals surface area contributed by atoms with Crippen molar-refractivity contribution in [3.05, 3.63) is 29.6 Å². The Morgan fingerprint density at radius 1 is 1.37 bits per heavy atom. The Balaban J connectivity index is 2.01. The molecule has 0 saturated carbocycles. The van der Waals surface area contributed by atoms with Gasteiger partial charge in [-0.3, -0.25) is 9.78 Å². The van der Waals surface area contributed by atoms with Crippen LogP contribution in [-0.2, 0) is 11.2 Å². The molecule has 7 nitrogen and oxygen atoms in total.